The maximum atomic E-state index is 12.0. The van der Waals surface area contributed by atoms with Gasteiger partial charge in [-0.15, -0.1) is 0 Å². The van der Waals surface area contributed by atoms with Crippen molar-refractivity contribution in [2.75, 3.05) is 10.7 Å². The van der Waals surface area contributed by atoms with Crippen molar-refractivity contribution in [3.8, 4) is 0 Å². The molecule has 0 saturated carbocycles. The monoisotopic (exact) mass is 295 g/mol. The molecule has 8 nitrogen and oxygen atoms in total. The third kappa shape index (κ3) is 4.60. The van der Waals surface area contributed by atoms with Crippen molar-refractivity contribution < 1.29 is 9.72 Å². The molecule has 0 aliphatic carbocycles. The molecule has 0 spiro atoms. The minimum absolute atomic E-state index is 0.174. The highest BCUT2D eigenvalue weighted by Crippen LogP contribution is 2.32. The summed E-state index contributed by atoms with van der Waals surface area (Å²) in [6.07, 6.45) is 0. The summed E-state index contributed by atoms with van der Waals surface area (Å²) >= 11 is 0. The summed E-state index contributed by atoms with van der Waals surface area (Å²) in [7, 11) is 0. The minimum Gasteiger partial charge on any atom is -0.368 e. The number of carbonyl (C=O) groups excluding carboxylic acids is 1. The van der Waals surface area contributed by atoms with Crippen LogP contribution < -0.4 is 21.9 Å². The highest BCUT2D eigenvalue weighted by atomic mass is 16.6. The van der Waals surface area contributed by atoms with E-state index >= 15 is 0 Å². The van der Waals surface area contributed by atoms with Crippen molar-refractivity contribution in [2.24, 2.45) is 5.84 Å². The molecule has 1 aromatic rings. The van der Waals surface area contributed by atoms with Crippen LogP contribution in [0.1, 0.15) is 27.7 Å². The fourth-order valence-electron chi connectivity index (χ4n) is 1.75. The predicted octanol–water partition coefficient (Wildman–Crippen LogP) is 1.60. The molecule has 0 heterocycles. The van der Waals surface area contributed by atoms with Crippen LogP contribution in [0.2, 0.25) is 0 Å². The Balaban J connectivity index is 2.97. The van der Waals surface area contributed by atoms with E-state index in [1.165, 1.54) is 12.1 Å². The summed E-state index contributed by atoms with van der Waals surface area (Å²) in [5, 5.41) is 16.8. The molecular weight excluding hydrogens is 274 g/mol. The molecule has 1 aromatic carbocycles. The maximum absolute atomic E-state index is 12.0. The molecule has 21 heavy (non-hydrogen) atoms. The zero-order chi connectivity index (χ0) is 16.2. The average molecular weight is 295 g/mol. The molecule has 0 fully saturated rings. The third-order valence-electron chi connectivity index (χ3n) is 2.64. The van der Waals surface area contributed by atoms with E-state index < -0.39 is 11.0 Å². The van der Waals surface area contributed by atoms with E-state index in [1.807, 2.05) is 20.8 Å². The van der Waals surface area contributed by atoms with Crippen molar-refractivity contribution in [3.05, 3.63) is 28.3 Å². The Hall–Kier alpha value is -2.35. The van der Waals surface area contributed by atoms with Crippen molar-refractivity contribution in [3.63, 3.8) is 0 Å². The highest BCUT2D eigenvalue weighted by molar-refractivity contribution is 5.87. The van der Waals surface area contributed by atoms with Crippen LogP contribution in [0.3, 0.4) is 0 Å². The molecule has 1 amide bonds. The van der Waals surface area contributed by atoms with Crippen molar-refractivity contribution in [1.29, 1.82) is 0 Å². The van der Waals surface area contributed by atoms with Crippen LogP contribution in [-0.2, 0) is 4.79 Å². The SMILES string of the molecule is CC(Nc1cccc(NN)c1[N+](=O)[O-])C(=O)NC(C)(C)C. The predicted molar refractivity (Wildman–Crippen MR) is 81.9 cm³/mol. The molecule has 116 valence electrons. The number of nitrogen functional groups attached to an aromatic ring is 1. The van der Waals surface area contributed by atoms with Crippen LogP contribution in [0.25, 0.3) is 0 Å². The molecule has 1 unspecified atom stereocenters. The number of nitrogens with two attached hydrogens (primary N) is 1. The lowest BCUT2D eigenvalue weighted by Gasteiger charge is -2.24. The van der Waals surface area contributed by atoms with Gasteiger partial charge >= 0.3 is 5.69 Å². The molecule has 0 bridgehead atoms. The molecule has 1 atom stereocenters. The van der Waals surface area contributed by atoms with Crippen LogP contribution in [0.15, 0.2) is 18.2 Å². The fourth-order valence-corrected chi connectivity index (χ4v) is 1.75. The Labute approximate surface area is 123 Å². The van der Waals surface area contributed by atoms with Gasteiger partial charge in [-0.05, 0) is 39.8 Å². The third-order valence-corrected chi connectivity index (χ3v) is 2.64. The Bertz CT molecular complexity index is 539. The van der Waals surface area contributed by atoms with Crippen LogP contribution in [0, 0.1) is 10.1 Å². The molecule has 8 heteroatoms. The fraction of sp³-hybridized carbons (Fsp3) is 0.462. The number of hydrogen-bond donors (Lipinski definition) is 4. The Morgan fingerprint density at radius 2 is 1.90 bits per heavy atom. The quantitative estimate of drug-likeness (QED) is 0.372. The lowest BCUT2D eigenvalue weighted by atomic mass is 10.1. The van der Waals surface area contributed by atoms with E-state index in [9.17, 15) is 14.9 Å². The van der Waals surface area contributed by atoms with E-state index in [-0.39, 0.29) is 28.5 Å². The van der Waals surface area contributed by atoms with Crippen LogP contribution in [0.4, 0.5) is 17.1 Å². The zero-order valence-corrected chi connectivity index (χ0v) is 12.6. The molecule has 0 aliphatic rings. The van der Waals surface area contributed by atoms with Gasteiger partial charge in [-0.25, -0.2) is 0 Å². The minimum atomic E-state index is -0.629. The number of para-hydroxylation sites is 1. The van der Waals surface area contributed by atoms with E-state index in [2.05, 4.69) is 16.1 Å². The van der Waals surface area contributed by atoms with Gasteiger partial charge in [0.1, 0.15) is 17.4 Å². The number of amides is 1. The number of benzene rings is 1. The Morgan fingerprint density at radius 3 is 2.38 bits per heavy atom. The van der Waals surface area contributed by atoms with Crippen LogP contribution in [0.5, 0.6) is 0 Å². The number of hydrazine groups is 1. The molecule has 0 saturated heterocycles. The first kappa shape index (κ1) is 16.7. The van der Waals surface area contributed by atoms with Gasteiger partial charge in [0, 0.05) is 5.54 Å². The Morgan fingerprint density at radius 1 is 1.33 bits per heavy atom. The van der Waals surface area contributed by atoms with Crippen molar-refractivity contribution >= 4 is 23.0 Å². The van der Waals surface area contributed by atoms with Gasteiger partial charge in [-0.2, -0.15) is 0 Å². The second kappa shape index (κ2) is 6.40. The van der Waals surface area contributed by atoms with E-state index in [0.717, 1.165) is 0 Å². The molecule has 0 radical (unpaired) electrons. The van der Waals surface area contributed by atoms with Crippen LogP contribution >= 0.6 is 0 Å². The van der Waals surface area contributed by atoms with Crippen LogP contribution in [-0.4, -0.2) is 22.4 Å². The highest BCUT2D eigenvalue weighted by Gasteiger charge is 2.24. The normalized spacial score (nSPS) is 12.4. The number of anilines is 2. The largest absolute Gasteiger partial charge is 0.368 e. The molecule has 0 aromatic heterocycles. The second-order valence-corrected chi connectivity index (χ2v) is 5.71. The Kier molecular flexibility index (Phi) is 5.09. The first-order chi connectivity index (χ1) is 9.65. The molecular formula is C13H21N5O3. The standard InChI is InChI=1S/C13H21N5O3/c1-8(12(19)16-13(2,3)4)15-9-6-5-7-10(17-14)11(9)18(20)21/h5-8,15,17H,14H2,1-4H3,(H,16,19). The first-order valence-corrected chi connectivity index (χ1v) is 6.48. The van der Waals surface area contributed by atoms with Gasteiger partial charge in [0.15, 0.2) is 0 Å². The first-order valence-electron chi connectivity index (χ1n) is 6.48. The number of nitro benzene ring substituents is 1. The van der Waals surface area contributed by atoms with E-state index in [1.54, 1.807) is 13.0 Å². The van der Waals surface area contributed by atoms with E-state index in [0.29, 0.717) is 0 Å². The number of nitrogens with one attached hydrogen (secondary N) is 3. The van der Waals surface area contributed by atoms with Crippen molar-refractivity contribution in [1.82, 2.24) is 5.32 Å². The average Bonchev–Trinajstić information content (AvgIpc) is 2.35. The lowest BCUT2D eigenvalue weighted by Crippen LogP contribution is -2.47. The summed E-state index contributed by atoms with van der Waals surface area (Å²) in [6, 6.07) is 4.00. The van der Waals surface area contributed by atoms with Gasteiger partial charge in [0.2, 0.25) is 5.91 Å². The second-order valence-electron chi connectivity index (χ2n) is 5.71. The maximum Gasteiger partial charge on any atom is 0.316 e. The smallest absolute Gasteiger partial charge is 0.316 e. The van der Waals surface area contributed by atoms with Gasteiger partial charge in [0.25, 0.3) is 0 Å². The van der Waals surface area contributed by atoms with E-state index in [4.69, 9.17) is 5.84 Å². The van der Waals surface area contributed by atoms with Gasteiger partial charge in [0.05, 0.1) is 4.92 Å². The van der Waals surface area contributed by atoms with Gasteiger partial charge in [-0.1, -0.05) is 6.07 Å². The summed E-state index contributed by atoms with van der Waals surface area (Å²) in [4.78, 5) is 22.6. The van der Waals surface area contributed by atoms with Crippen molar-refractivity contribution in [2.45, 2.75) is 39.3 Å². The van der Waals surface area contributed by atoms with Gasteiger partial charge in [-0.3, -0.25) is 20.8 Å². The summed E-state index contributed by atoms with van der Waals surface area (Å²) < 4.78 is 0. The zero-order valence-electron chi connectivity index (χ0n) is 12.6. The summed E-state index contributed by atoms with van der Waals surface area (Å²) in [5.41, 5.74) is 2.10. The summed E-state index contributed by atoms with van der Waals surface area (Å²) in [6.45, 7) is 7.21. The summed E-state index contributed by atoms with van der Waals surface area (Å²) in [5.74, 6) is 5.02. The lowest BCUT2D eigenvalue weighted by molar-refractivity contribution is -0.383. The number of carbonyl (C=O) groups is 1. The van der Waals surface area contributed by atoms with Gasteiger partial charge < -0.3 is 16.1 Å². The topological polar surface area (TPSA) is 122 Å². The molecule has 0 aliphatic heterocycles. The number of rotatable bonds is 5. The number of nitrogens with zero attached hydrogens (tertiary/aromatic N) is 1. The molecule has 5 N–H and O–H groups in total. The molecule has 1 rings (SSSR count). The number of hydrogen-bond acceptors (Lipinski definition) is 6. The number of nitro groups is 1.